The lowest BCUT2D eigenvalue weighted by Gasteiger charge is -2.35. The third kappa shape index (κ3) is 3.16. The van der Waals surface area contributed by atoms with Gasteiger partial charge in [-0.2, -0.15) is 4.98 Å². The standard InChI is InChI=1S/C12H18BrN5O/c13-10-4-11(14)17-12(16-10)15-5-9-6-18-3-1-2-8(18)7-19-9/h4,8-9H,1-3,5-7H2,(H3,14,15,16,17). The van der Waals surface area contributed by atoms with Crippen LogP contribution >= 0.6 is 15.9 Å². The third-order valence-corrected chi connectivity index (χ3v) is 4.07. The highest BCUT2D eigenvalue weighted by molar-refractivity contribution is 9.10. The minimum absolute atomic E-state index is 0.193. The Kier molecular flexibility index (Phi) is 3.86. The Morgan fingerprint density at radius 1 is 1.53 bits per heavy atom. The van der Waals surface area contributed by atoms with Gasteiger partial charge in [-0.15, -0.1) is 0 Å². The van der Waals surface area contributed by atoms with Crippen LogP contribution in [-0.2, 0) is 4.74 Å². The van der Waals surface area contributed by atoms with Crippen LogP contribution < -0.4 is 11.1 Å². The molecular weight excluding hydrogens is 310 g/mol. The molecule has 6 nitrogen and oxygen atoms in total. The Balaban J connectivity index is 1.54. The fourth-order valence-corrected chi connectivity index (χ4v) is 3.13. The van der Waals surface area contributed by atoms with Gasteiger partial charge in [-0.3, -0.25) is 4.90 Å². The number of fused-ring (bicyclic) bond motifs is 1. The highest BCUT2D eigenvalue weighted by Gasteiger charge is 2.32. The number of hydrogen-bond donors (Lipinski definition) is 2. The highest BCUT2D eigenvalue weighted by Crippen LogP contribution is 2.22. The van der Waals surface area contributed by atoms with E-state index in [-0.39, 0.29) is 6.10 Å². The van der Waals surface area contributed by atoms with Crippen molar-refractivity contribution in [2.24, 2.45) is 0 Å². The summed E-state index contributed by atoms with van der Waals surface area (Å²) in [7, 11) is 0. The van der Waals surface area contributed by atoms with Gasteiger partial charge in [0.2, 0.25) is 5.95 Å². The zero-order chi connectivity index (χ0) is 13.2. The van der Waals surface area contributed by atoms with Crippen molar-refractivity contribution < 1.29 is 4.74 Å². The SMILES string of the molecule is Nc1cc(Br)nc(NCC2CN3CCCC3CO2)n1. The van der Waals surface area contributed by atoms with Crippen molar-refractivity contribution in [3.05, 3.63) is 10.7 Å². The lowest BCUT2D eigenvalue weighted by molar-refractivity contribution is -0.0416. The van der Waals surface area contributed by atoms with Crippen molar-refractivity contribution in [2.45, 2.75) is 25.0 Å². The molecule has 0 spiro atoms. The van der Waals surface area contributed by atoms with Gasteiger partial charge < -0.3 is 15.8 Å². The summed E-state index contributed by atoms with van der Waals surface area (Å²) in [5.41, 5.74) is 5.68. The molecule has 0 aliphatic carbocycles. The molecule has 3 heterocycles. The first kappa shape index (κ1) is 13.1. The van der Waals surface area contributed by atoms with E-state index in [0.717, 1.165) is 13.2 Å². The molecule has 2 saturated heterocycles. The predicted octanol–water partition coefficient (Wildman–Crippen LogP) is 1.10. The number of ether oxygens (including phenoxy) is 1. The van der Waals surface area contributed by atoms with Crippen molar-refractivity contribution >= 4 is 27.7 Å². The number of nitrogens with one attached hydrogen (secondary N) is 1. The van der Waals surface area contributed by atoms with E-state index < -0.39 is 0 Å². The minimum atomic E-state index is 0.193. The van der Waals surface area contributed by atoms with Crippen LogP contribution in [-0.4, -0.2) is 53.3 Å². The van der Waals surface area contributed by atoms with Crippen molar-refractivity contribution in [2.75, 3.05) is 37.3 Å². The molecule has 104 valence electrons. The summed E-state index contributed by atoms with van der Waals surface area (Å²) in [5.74, 6) is 0.993. The van der Waals surface area contributed by atoms with Crippen molar-refractivity contribution in [1.29, 1.82) is 0 Å². The average Bonchev–Trinajstić information content (AvgIpc) is 2.82. The molecule has 0 bridgehead atoms. The summed E-state index contributed by atoms with van der Waals surface area (Å²) < 4.78 is 6.56. The van der Waals surface area contributed by atoms with Crippen LogP contribution in [0.25, 0.3) is 0 Å². The van der Waals surface area contributed by atoms with Gasteiger partial charge in [0.1, 0.15) is 10.4 Å². The van der Waals surface area contributed by atoms with Gasteiger partial charge in [0.25, 0.3) is 0 Å². The van der Waals surface area contributed by atoms with Crippen LogP contribution in [0.15, 0.2) is 10.7 Å². The Bertz CT molecular complexity index is 437. The summed E-state index contributed by atoms with van der Waals surface area (Å²) >= 11 is 3.31. The second-order valence-corrected chi connectivity index (χ2v) is 5.88. The Labute approximate surface area is 120 Å². The smallest absolute Gasteiger partial charge is 0.225 e. The number of anilines is 2. The first-order chi connectivity index (χ1) is 9.20. The van der Waals surface area contributed by atoms with E-state index in [1.54, 1.807) is 6.07 Å². The lowest BCUT2D eigenvalue weighted by Crippen LogP contribution is -2.48. The molecule has 7 heteroatoms. The Hall–Kier alpha value is -0.920. The normalized spacial score (nSPS) is 27.2. The maximum absolute atomic E-state index is 5.87. The number of hydrogen-bond acceptors (Lipinski definition) is 6. The molecule has 0 aromatic carbocycles. The van der Waals surface area contributed by atoms with E-state index in [1.165, 1.54) is 19.4 Å². The summed E-state index contributed by atoms with van der Waals surface area (Å²) in [6, 6.07) is 2.31. The molecule has 0 radical (unpaired) electrons. The van der Waals surface area contributed by atoms with Crippen molar-refractivity contribution in [3.8, 4) is 0 Å². The zero-order valence-electron chi connectivity index (χ0n) is 10.7. The van der Waals surface area contributed by atoms with Crippen LogP contribution in [0.5, 0.6) is 0 Å². The van der Waals surface area contributed by atoms with Gasteiger partial charge in [0, 0.05) is 25.2 Å². The van der Waals surface area contributed by atoms with E-state index in [2.05, 4.69) is 36.1 Å². The van der Waals surface area contributed by atoms with Gasteiger partial charge in [-0.1, -0.05) is 0 Å². The second-order valence-electron chi connectivity index (χ2n) is 5.07. The van der Waals surface area contributed by atoms with E-state index in [0.29, 0.717) is 29.0 Å². The fraction of sp³-hybridized carbons (Fsp3) is 0.667. The van der Waals surface area contributed by atoms with E-state index in [4.69, 9.17) is 10.5 Å². The van der Waals surface area contributed by atoms with E-state index in [1.807, 2.05) is 0 Å². The van der Waals surface area contributed by atoms with Gasteiger partial charge in [-0.25, -0.2) is 4.98 Å². The Morgan fingerprint density at radius 3 is 3.26 bits per heavy atom. The van der Waals surface area contributed by atoms with Gasteiger partial charge in [0.05, 0.1) is 12.7 Å². The molecule has 1 aromatic rings. The van der Waals surface area contributed by atoms with Gasteiger partial charge in [0.15, 0.2) is 0 Å². The molecule has 2 aliphatic heterocycles. The van der Waals surface area contributed by atoms with E-state index >= 15 is 0 Å². The first-order valence-corrected chi connectivity index (χ1v) is 7.39. The number of rotatable bonds is 3. The van der Waals surface area contributed by atoms with Gasteiger partial charge >= 0.3 is 0 Å². The van der Waals surface area contributed by atoms with Crippen LogP contribution in [0.1, 0.15) is 12.8 Å². The monoisotopic (exact) mass is 327 g/mol. The second kappa shape index (κ2) is 5.60. The molecule has 19 heavy (non-hydrogen) atoms. The average molecular weight is 328 g/mol. The molecule has 1 aromatic heterocycles. The topological polar surface area (TPSA) is 76.3 Å². The Morgan fingerprint density at radius 2 is 2.42 bits per heavy atom. The van der Waals surface area contributed by atoms with E-state index in [9.17, 15) is 0 Å². The molecule has 2 aliphatic rings. The minimum Gasteiger partial charge on any atom is -0.383 e. The van der Waals surface area contributed by atoms with Crippen LogP contribution in [0.4, 0.5) is 11.8 Å². The summed E-state index contributed by atoms with van der Waals surface area (Å²) in [6.07, 6.45) is 2.75. The largest absolute Gasteiger partial charge is 0.383 e. The predicted molar refractivity (Wildman–Crippen MR) is 77.0 cm³/mol. The molecule has 2 fully saturated rings. The maximum atomic E-state index is 5.87. The molecule has 3 rings (SSSR count). The van der Waals surface area contributed by atoms with Crippen LogP contribution in [0.2, 0.25) is 0 Å². The summed E-state index contributed by atoms with van der Waals surface area (Å²) in [6.45, 7) is 3.74. The third-order valence-electron chi connectivity index (χ3n) is 3.66. The summed E-state index contributed by atoms with van der Waals surface area (Å²) in [5, 5.41) is 3.19. The van der Waals surface area contributed by atoms with Crippen molar-refractivity contribution in [1.82, 2.24) is 14.9 Å². The molecule has 2 atom stereocenters. The van der Waals surface area contributed by atoms with Crippen molar-refractivity contribution in [3.63, 3.8) is 0 Å². The molecule has 0 saturated carbocycles. The lowest BCUT2D eigenvalue weighted by atomic mass is 10.2. The quantitative estimate of drug-likeness (QED) is 0.809. The fourth-order valence-electron chi connectivity index (χ4n) is 2.73. The molecule has 2 unspecified atom stereocenters. The van der Waals surface area contributed by atoms with Gasteiger partial charge in [-0.05, 0) is 35.3 Å². The molecule has 0 amide bonds. The maximum Gasteiger partial charge on any atom is 0.225 e. The summed E-state index contributed by atoms with van der Waals surface area (Å²) in [4.78, 5) is 10.9. The number of nitrogens with two attached hydrogens (primary N) is 1. The molecular formula is C12H18BrN5O. The number of aromatic nitrogens is 2. The van der Waals surface area contributed by atoms with Crippen LogP contribution in [0, 0.1) is 0 Å². The molecule has 3 N–H and O–H groups in total. The first-order valence-electron chi connectivity index (χ1n) is 6.60. The number of nitrogens with zero attached hydrogens (tertiary/aromatic N) is 3. The zero-order valence-corrected chi connectivity index (χ0v) is 12.3. The number of morpholine rings is 1. The number of nitrogen functional groups attached to an aromatic ring is 1. The highest BCUT2D eigenvalue weighted by atomic mass is 79.9. The van der Waals surface area contributed by atoms with Crippen LogP contribution in [0.3, 0.4) is 0 Å². The number of halogens is 1.